The highest BCUT2D eigenvalue weighted by molar-refractivity contribution is 5.51. The van der Waals surface area contributed by atoms with E-state index in [1.807, 2.05) is 25.1 Å². The number of hydrogen-bond donors (Lipinski definition) is 2. The second-order valence-electron chi connectivity index (χ2n) is 4.39. The van der Waals surface area contributed by atoms with Crippen molar-refractivity contribution in [3.63, 3.8) is 0 Å². The van der Waals surface area contributed by atoms with Gasteiger partial charge < -0.3 is 10.2 Å². The van der Waals surface area contributed by atoms with Crippen molar-refractivity contribution in [2.45, 2.75) is 6.92 Å². The predicted octanol–water partition coefficient (Wildman–Crippen LogP) is 0.585. The molecule has 94 valence electrons. The maximum Gasteiger partial charge on any atom is 0.245 e. The Bertz CT molecular complexity index is 529. The summed E-state index contributed by atoms with van der Waals surface area (Å²) in [7, 11) is 0. The third-order valence-electron chi connectivity index (χ3n) is 3.00. The number of aryl methyl sites for hydroxylation is 1. The van der Waals surface area contributed by atoms with Crippen LogP contribution in [0.2, 0.25) is 0 Å². The molecular formula is C12H16N6. The van der Waals surface area contributed by atoms with E-state index in [9.17, 15) is 0 Å². The largest absolute Gasteiger partial charge is 0.337 e. The molecule has 2 aromatic rings. The molecule has 2 aromatic heterocycles. The molecule has 0 atom stereocenters. The van der Waals surface area contributed by atoms with Crippen LogP contribution in [0.1, 0.15) is 5.69 Å². The van der Waals surface area contributed by atoms with E-state index < -0.39 is 0 Å². The lowest BCUT2D eigenvalue weighted by molar-refractivity contribution is 0.580. The van der Waals surface area contributed by atoms with Gasteiger partial charge in [-0.05, 0) is 19.1 Å². The molecule has 6 heteroatoms. The van der Waals surface area contributed by atoms with Crippen LogP contribution in [0, 0.1) is 6.92 Å². The molecule has 0 unspecified atom stereocenters. The number of anilines is 1. The van der Waals surface area contributed by atoms with Gasteiger partial charge in [0.1, 0.15) is 5.69 Å². The molecule has 3 rings (SSSR count). The molecule has 0 spiro atoms. The van der Waals surface area contributed by atoms with E-state index in [1.54, 1.807) is 0 Å². The van der Waals surface area contributed by atoms with Crippen molar-refractivity contribution in [2.75, 3.05) is 31.1 Å². The number of nitrogens with one attached hydrogen (secondary N) is 2. The monoisotopic (exact) mass is 244 g/mol. The number of aromatic amines is 1. The number of hydrogen-bond acceptors (Lipinski definition) is 5. The first-order valence-electron chi connectivity index (χ1n) is 6.15. The number of piperazine rings is 1. The summed E-state index contributed by atoms with van der Waals surface area (Å²) in [5.41, 5.74) is 1.82. The smallest absolute Gasteiger partial charge is 0.245 e. The normalized spacial score (nSPS) is 15.9. The molecule has 6 nitrogen and oxygen atoms in total. The van der Waals surface area contributed by atoms with Crippen LogP contribution in [-0.4, -0.2) is 46.3 Å². The minimum Gasteiger partial charge on any atom is -0.337 e. The summed E-state index contributed by atoms with van der Waals surface area (Å²) in [6.45, 7) is 5.81. The molecule has 1 aliphatic heterocycles. The van der Waals surface area contributed by atoms with E-state index in [2.05, 4.69) is 30.4 Å². The average molecular weight is 244 g/mol. The highest BCUT2D eigenvalue weighted by Crippen LogP contribution is 2.16. The van der Waals surface area contributed by atoms with Crippen LogP contribution in [0.3, 0.4) is 0 Å². The molecule has 0 aromatic carbocycles. The van der Waals surface area contributed by atoms with E-state index in [-0.39, 0.29) is 0 Å². The van der Waals surface area contributed by atoms with Crippen molar-refractivity contribution in [1.29, 1.82) is 0 Å². The maximum absolute atomic E-state index is 4.51. The standard InChI is InChI=1S/C12H16N6/c1-9-3-2-4-10(14-9)11-15-12(17-16-11)18-7-5-13-6-8-18/h2-4,13H,5-8H2,1H3,(H,15,16,17). The third kappa shape index (κ3) is 2.19. The van der Waals surface area contributed by atoms with Gasteiger partial charge in [-0.25, -0.2) is 4.98 Å². The zero-order chi connectivity index (χ0) is 12.4. The predicted molar refractivity (Wildman–Crippen MR) is 69.4 cm³/mol. The lowest BCUT2D eigenvalue weighted by Gasteiger charge is -2.25. The molecule has 1 aliphatic rings. The molecule has 3 heterocycles. The van der Waals surface area contributed by atoms with Crippen LogP contribution in [0.5, 0.6) is 0 Å². The number of rotatable bonds is 2. The van der Waals surface area contributed by atoms with Gasteiger partial charge in [-0.1, -0.05) is 6.07 Å². The van der Waals surface area contributed by atoms with Crippen molar-refractivity contribution in [1.82, 2.24) is 25.5 Å². The molecule has 0 saturated carbocycles. The molecule has 0 radical (unpaired) electrons. The van der Waals surface area contributed by atoms with Crippen LogP contribution in [0.25, 0.3) is 11.5 Å². The Morgan fingerprint density at radius 3 is 2.78 bits per heavy atom. The maximum atomic E-state index is 4.51. The van der Waals surface area contributed by atoms with Gasteiger partial charge in [-0.15, -0.1) is 5.10 Å². The first-order valence-corrected chi connectivity index (χ1v) is 6.15. The van der Waals surface area contributed by atoms with Gasteiger partial charge in [0, 0.05) is 31.9 Å². The molecule has 18 heavy (non-hydrogen) atoms. The van der Waals surface area contributed by atoms with Crippen LogP contribution in [0.4, 0.5) is 5.95 Å². The first-order chi connectivity index (χ1) is 8.83. The highest BCUT2D eigenvalue weighted by atomic mass is 15.4. The van der Waals surface area contributed by atoms with Crippen molar-refractivity contribution in [3.05, 3.63) is 23.9 Å². The molecule has 1 fully saturated rings. The molecular weight excluding hydrogens is 228 g/mol. The third-order valence-corrected chi connectivity index (χ3v) is 3.00. The van der Waals surface area contributed by atoms with Gasteiger partial charge >= 0.3 is 0 Å². The first kappa shape index (κ1) is 11.2. The fourth-order valence-electron chi connectivity index (χ4n) is 2.05. The van der Waals surface area contributed by atoms with Crippen LogP contribution in [-0.2, 0) is 0 Å². The second-order valence-corrected chi connectivity index (χ2v) is 4.39. The van der Waals surface area contributed by atoms with Gasteiger partial charge in [0.2, 0.25) is 5.95 Å². The lowest BCUT2D eigenvalue weighted by Crippen LogP contribution is -2.44. The van der Waals surface area contributed by atoms with E-state index in [0.29, 0.717) is 0 Å². The highest BCUT2D eigenvalue weighted by Gasteiger charge is 2.15. The van der Waals surface area contributed by atoms with Gasteiger partial charge in [-0.2, -0.15) is 4.98 Å². The molecule has 0 aliphatic carbocycles. The molecule has 0 bridgehead atoms. The Hall–Kier alpha value is -1.95. The summed E-state index contributed by atoms with van der Waals surface area (Å²) < 4.78 is 0. The van der Waals surface area contributed by atoms with Crippen molar-refractivity contribution >= 4 is 5.95 Å². The average Bonchev–Trinajstić information content (AvgIpc) is 2.89. The van der Waals surface area contributed by atoms with Crippen molar-refractivity contribution in [2.24, 2.45) is 0 Å². The van der Waals surface area contributed by atoms with Gasteiger partial charge in [-0.3, -0.25) is 5.10 Å². The van der Waals surface area contributed by atoms with Crippen LogP contribution >= 0.6 is 0 Å². The lowest BCUT2D eigenvalue weighted by atomic mass is 10.3. The summed E-state index contributed by atoms with van der Waals surface area (Å²) in [4.78, 5) is 11.1. The van der Waals surface area contributed by atoms with E-state index in [1.165, 1.54) is 0 Å². The number of H-pyrrole nitrogens is 1. The molecule has 1 saturated heterocycles. The van der Waals surface area contributed by atoms with Gasteiger partial charge in [0.15, 0.2) is 5.82 Å². The number of aromatic nitrogens is 4. The quantitative estimate of drug-likeness (QED) is 0.809. The zero-order valence-corrected chi connectivity index (χ0v) is 10.3. The Kier molecular flexibility index (Phi) is 2.93. The Morgan fingerprint density at radius 1 is 1.17 bits per heavy atom. The summed E-state index contributed by atoms with van der Waals surface area (Å²) >= 11 is 0. The SMILES string of the molecule is Cc1cccc(-c2nc(N3CCNCC3)n[nH]2)n1. The van der Waals surface area contributed by atoms with Gasteiger partial charge in [0.05, 0.1) is 0 Å². The Morgan fingerprint density at radius 2 is 2.00 bits per heavy atom. The Balaban J connectivity index is 1.84. The molecule has 0 amide bonds. The Labute approximate surface area is 105 Å². The minimum atomic E-state index is 0.729. The van der Waals surface area contributed by atoms with Crippen molar-refractivity contribution in [3.8, 4) is 11.5 Å². The summed E-state index contributed by atoms with van der Waals surface area (Å²) in [5, 5.41) is 10.5. The minimum absolute atomic E-state index is 0.729. The van der Waals surface area contributed by atoms with E-state index >= 15 is 0 Å². The summed E-state index contributed by atoms with van der Waals surface area (Å²) in [6.07, 6.45) is 0. The van der Waals surface area contributed by atoms with Gasteiger partial charge in [0.25, 0.3) is 0 Å². The number of nitrogens with zero attached hydrogens (tertiary/aromatic N) is 4. The summed E-state index contributed by atoms with van der Waals surface area (Å²) in [6, 6.07) is 5.89. The van der Waals surface area contributed by atoms with Crippen LogP contribution in [0.15, 0.2) is 18.2 Å². The van der Waals surface area contributed by atoms with E-state index in [0.717, 1.165) is 49.3 Å². The van der Waals surface area contributed by atoms with E-state index in [4.69, 9.17) is 0 Å². The zero-order valence-electron chi connectivity index (χ0n) is 10.3. The topological polar surface area (TPSA) is 69.7 Å². The van der Waals surface area contributed by atoms with Crippen LogP contribution < -0.4 is 10.2 Å². The fourth-order valence-corrected chi connectivity index (χ4v) is 2.05. The summed E-state index contributed by atoms with van der Waals surface area (Å²) in [5.74, 6) is 1.49. The van der Waals surface area contributed by atoms with Crippen molar-refractivity contribution < 1.29 is 0 Å². The fraction of sp³-hybridized carbons (Fsp3) is 0.417. The number of pyridine rings is 1. The molecule has 2 N–H and O–H groups in total. The second kappa shape index (κ2) is 4.73.